The second-order valence-electron chi connectivity index (χ2n) is 5.64. The summed E-state index contributed by atoms with van der Waals surface area (Å²) in [6, 6.07) is 4.94. The summed E-state index contributed by atoms with van der Waals surface area (Å²) in [5.41, 5.74) is 0.596. The van der Waals surface area contributed by atoms with Gasteiger partial charge in [0.2, 0.25) is 17.6 Å². The number of nitrogens with zero attached hydrogens (tertiary/aromatic N) is 4. The van der Waals surface area contributed by atoms with Gasteiger partial charge in [-0.1, -0.05) is 11.2 Å². The Hall–Kier alpha value is -2.81. The molecule has 0 spiro atoms. The van der Waals surface area contributed by atoms with Crippen molar-refractivity contribution in [1.82, 2.24) is 20.0 Å². The standard InChI is InChI=1S/C16H18N4O5/c21-14(20-7-8-24-10-11(20)9-15(22)23)5-4-13-18-16(19-25-13)12-3-1-2-6-17-12/h1-3,6,11H,4-5,7-10H2,(H,22,23). The first-order valence-electron chi connectivity index (χ1n) is 7.96. The fraction of sp³-hybridized carbons (Fsp3) is 0.438. The molecule has 0 bridgehead atoms. The zero-order valence-corrected chi connectivity index (χ0v) is 13.5. The van der Waals surface area contributed by atoms with Crippen molar-refractivity contribution >= 4 is 11.9 Å². The Morgan fingerprint density at radius 1 is 1.36 bits per heavy atom. The van der Waals surface area contributed by atoms with Gasteiger partial charge in [0.25, 0.3) is 0 Å². The monoisotopic (exact) mass is 346 g/mol. The molecular formula is C16H18N4O5. The number of amides is 1. The van der Waals surface area contributed by atoms with Crippen molar-refractivity contribution in [3.05, 3.63) is 30.3 Å². The second-order valence-corrected chi connectivity index (χ2v) is 5.64. The molecule has 2 aromatic heterocycles. The molecule has 0 aliphatic carbocycles. The Morgan fingerprint density at radius 3 is 3.00 bits per heavy atom. The number of carboxylic acid groups (broad SMARTS) is 1. The normalized spacial score (nSPS) is 17.4. The number of rotatable bonds is 6. The lowest BCUT2D eigenvalue weighted by atomic mass is 10.1. The smallest absolute Gasteiger partial charge is 0.305 e. The highest BCUT2D eigenvalue weighted by Crippen LogP contribution is 2.15. The molecule has 9 heteroatoms. The van der Waals surface area contributed by atoms with Gasteiger partial charge < -0.3 is 19.3 Å². The van der Waals surface area contributed by atoms with E-state index in [1.165, 1.54) is 0 Å². The summed E-state index contributed by atoms with van der Waals surface area (Å²) in [5.74, 6) is -0.382. The molecule has 9 nitrogen and oxygen atoms in total. The third-order valence-corrected chi connectivity index (χ3v) is 3.87. The van der Waals surface area contributed by atoms with E-state index < -0.39 is 12.0 Å². The Morgan fingerprint density at radius 2 is 2.24 bits per heavy atom. The molecule has 1 atom stereocenters. The van der Waals surface area contributed by atoms with Crippen LogP contribution in [-0.4, -0.2) is 62.8 Å². The average Bonchev–Trinajstić information content (AvgIpc) is 3.09. The van der Waals surface area contributed by atoms with E-state index in [-0.39, 0.29) is 31.8 Å². The van der Waals surface area contributed by atoms with E-state index in [2.05, 4.69) is 15.1 Å². The van der Waals surface area contributed by atoms with E-state index in [0.717, 1.165) is 0 Å². The first kappa shape index (κ1) is 17.0. The fourth-order valence-corrected chi connectivity index (χ4v) is 2.67. The molecule has 3 rings (SSSR count). The Balaban J connectivity index is 1.58. The molecule has 0 saturated carbocycles. The van der Waals surface area contributed by atoms with Crippen molar-refractivity contribution in [2.45, 2.75) is 25.3 Å². The van der Waals surface area contributed by atoms with Gasteiger partial charge in [0.05, 0.1) is 25.7 Å². The molecule has 3 heterocycles. The number of aromatic nitrogens is 3. The molecule has 1 aliphatic rings. The first-order chi connectivity index (χ1) is 12.1. The van der Waals surface area contributed by atoms with Crippen molar-refractivity contribution in [3.8, 4) is 11.5 Å². The highest BCUT2D eigenvalue weighted by Gasteiger charge is 2.29. The summed E-state index contributed by atoms with van der Waals surface area (Å²) < 4.78 is 10.4. The van der Waals surface area contributed by atoms with Crippen molar-refractivity contribution in [2.24, 2.45) is 0 Å². The van der Waals surface area contributed by atoms with Crippen molar-refractivity contribution in [3.63, 3.8) is 0 Å². The average molecular weight is 346 g/mol. The summed E-state index contributed by atoms with van der Waals surface area (Å²) in [6.07, 6.45) is 1.96. The van der Waals surface area contributed by atoms with Gasteiger partial charge in [-0.2, -0.15) is 4.98 Å². The zero-order valence-electron chi connectivity index (χ0n) is 13.5. The quantitative estimate of drug-likeness (QED) is 0.814. The summed E-state index contributed by atoms with van der Waals surface area (Å²) in [5, 5.41) is 12.8. The van der Waals surface area contributed by atoms with E-state index in [9.17, 15) is 9.59 Å². The van der Waals surface area contributed by atoms with Gasteiger partial charge in [-0.05, 0) is 12.1 Å². The lowest BCUT2D eigenvalue weighted by Crippen LogP contribution is -2.49. The third kappa shape index (κ3) is 4.38. The lowest BCUT2D eigenvalue weighted by molar-refractivity contribution is -0.146. The van der Waals surface area contributed by atoms with Gasteiger partial charge >= 0.3 is 5.97 Å². The van der Waals surface area contributed by atoms with E-state index >= 15 is 0 Å². The molecule has 1 unspecified atom stereocenters. The van der Waals surface area contributed by atoms with Gasteiger partial charge in [-0.3, -0.25) is 14.6 Å². The maximum atomic E-state index is 12.4. The van der Waals surface area contributed by atoms with Crippen LogP contribution in [0, 0.1) is 0 Å². The molecule has 0 radical (unpaired) electrons. The number of ether oxygens (including phenoxy) is 1. The first-order valence-corrected chi connectivity index (χ1v) is 7.96. The number of carboxylic acids is 1. The SMILES string of the molecule is O=C(O)CC1COCCN1C(=O)CCc1nc(-c2ccccn2)no1. The van der Waals surface area contributed by atoms with Crippen molar-refractivity contribution in [2.75, 3.05) is 19.8 Å². The number of aryl methyl sites for hydroxylation is 1. The fourth-order valence-electron chi connectivity index (χ4n) is 2.67. The minimum Gasteiger partial charge on any atom is -0.481 e. The third-order valence-electron chi connectivity index (χ3n) is 3.87. The Kier molecular flexibility index (Phi) is 5.34. The van der Waals surface area contributed by atoms with Gasteiger partial charge in [0.1, 0.15) is 5.69 Å². The van der Waals surface area contributed by atoms with Crippen LogP contribution in [0.2, 0.25) is 0 Å². The maximum absolute atomic E-state index is 12.4. The van der Waals surface area contributed by atoms with E-state index in [4.69, 9.17) is 14.4 Å². The number of pyridine rings is 1. The van der Waals surface area contributed by atoms with Crippen LogP contribution >= 0.6 is 0 Å². The zero-order chi connectivity index (χ0) is 17.6. The second kappa shape index (κ2) is 7.84. The van der Waals surface area contributed by atoms with Gasteiger partial charge in [0.15, 0.2) is 0 Å². The number of aliphatic carboxylic acids is 1. The molecule has 25 heavy (non-hydrogen) atoms. The van der Waals surface area contributed by atoms with Crippen LogP contribution in [0.1, 0.15) is 18.7 Å². The molecule has 1 fully saturated rings. The van der Waals surface area contributed by atoms with Gasteiger partial charge in [0, 0.05) is 25.6 Å². The topological polar surface area (TPSA) is 119 Å². The molecule has 0 aromatic carbocycles. The molecular weight excluding hydrogens is 328 g/mol. The van der Waals surface area contributed by atoms with Crippen molar-refractivity contribution < 1.29 is 24.0 Å². The minimum absolute atomic E-state index is 0.129. The molecule has 132 valence electrons. The van der Waals surface area contributed by atoms with Gasteiger partial charge in [-0.25, -0.2) is 0 Å². The highest BCUT2D eigenvalue weighted by atomic mass is 16.5. The summed E-state index contributed by atoms with van der Waals surface area (Å²) in [6.45, 7) is 1.04. The molecule has 1 amide bonds. The molecule has 1 aliphatic heterocycles. The number of hydrogen-bond donors (Lipinski definition) is 1. The van der Waals surface area contributed by atoms with Gasteiger partial charge in [-0.15, -0.1) is 0 Å². The minimum atomic E-state index is -0.954. The summed E-state index contributed by atoms with van der Waals surface area (Å²) >= 11 is 0. The molecule has 2 aromatic rings. The van der Waals surface area contributed by atoms with Crippen LogP contribution < -0.4 is 0 Å². The van der Waals surface area contributed by atoms with E-state index in [1.54, 1.807) is 23.2 Å². The number of carbonyl (C=O) groups excluding carboxylic acids is 1. The van der Waals surface area contributed by atoms with Crippen LogP contribution in [0.3, 0.4) is 0 Å². The van der Waals surface area contributed by atoms with Crippen LogP contribution in [0.25, 0.3) is 11.5 Å². The summed E-state index contributed by atoms with van der Waals surface area (Å²) in [7, 11) is 0. The number of hydrogen-bond acceptors (Lipinski definition) is 7. The van der Waals surface area contributed by atoms with E-state index in [0.29, 0.717) is 30.6 Å². The van der Waals surface area contributed by atoms with Crippen LogP contribution in [0.5, 0.6) is 0 Å². The van der Waals surface area contributed by atoms with Crippen LogP contribution in [-0.2, 0) is 20.7 Å². The van der Waals surface area contributed by atoms with Crippen LogP contribution in [0.15, 0.2) is 28.9 Å². The van der Waals surface area contributed by atoms with Crippen molar-refractivity contribution in [1.29, 1.82) is 0 Å². The predicted molar refractivity (Wildman–Crippen MR) is 84.4 cm³/mol. The largest absolute Gasteiger partial charge is 0.481 e. The maximum Gasteiger partial charge on any atom is 0.305 e. The molecule has 1 saturated heterocycles. The highest BCUT2D eigenvalue weighted by molar-refractivity contribution is 5.78. The molecule has 1 N–H and O–H groups in total. The van der Waals surface area contributed by atoms with Crippen LogP contribution in [0.4, 0.5) is 0 Å². The Bertz CT molecular complexity index is 733. The summed E-state index contributed by atoms with van der Waals surface area (Å²) in [4.78, 5) is 33.3. The van der Waals surface area contributed by atoms with E-state index in [1.807, 2.05) is 6.07 Å². The Labute approximate surface area is 143 Å². The number of morpholine rings is 1. The number of carbonyl (C=O) groups is 2. The predicted octanol–water partition coefficient (Wildman–Crippen LogP) is 0.766. The lowest BCUT2D eigenvalue weighted by Gasteiger charge is -2.34.